The van der Waals surface area contributed by atoms with E-state index in [4.69, 9.17) is 23.7 Å². The van der Waals surface area contributed by atoms with Gasteiger partial charge in [0.15, 0.2) is 0 Å². The number of carbonyl (C=O) groups excluding carboxylic acids is 3. The second-order valence-corrected chi connectivity index (χ2v) is 19.5. The first-order chi connectivity index (χ1) is 33.7. The van der Waals surface area contributed by atoms with Crippen LogP contribution >= 0.6 is 11.3 Å². The van der Waals surface area contributed by atoms with Crippen molar-refractivity contribution >= 4 is 39.8 Å². The lowest BCUT2D eigenvalue weighted by Crippen LogP contribution is -2.57. The number of nitrogens with zero attached hydrogens (tertiary/aromatic N) is 6. The van der Waals surface area contributed by atoms with Crippen LogP contribution in [0, 0.1) is 12.3 Å². The first-order valence-corrected chi connectivity index (χ1v) is 24.5. The molecule has 5 heterocycles. The SMILES string of the molecule is COc1cc(-c2cn(C)c(=O)c3cnccc23)cc(OC)c1CN1CCN(C(=O)COCCOCCOCN[C@H](C(=O)N2C[C@H](O)C[C@H]2C(=O)NCc2ccc(-c3scnc3C)cc2)C(C)(C)C)CC1. The maximum absolute atomic E-state index is 14.0. The lowest BCUT2D eigenvalue weighted by molar-refractivity contribution is -0.143. The number of carbonyl (C=O) groups is 3. The monoisotopic (exact) mass is 982 g/mol. The van der Waals surface area contributed by atoms with Crippen molar-refractivity contribution in [3.63, 3.8) is 0 Å². The van der Waals surface area contributed by atoms with Gasteiger partial charge in [-0.05, 0) is 52.6 Å². The van der Waals surface area contributed by atoms with E-state index < -0.39 is 23.6 Å². The smallest absolute Gasteiger partial charge is 0.259 e. The van der Waals surface area contributed by atoms with Gasteiger partial charge in [-0.15, -0.1) is 11.3 Å². The number of β-amino-alcohol motifs (C(OH)–C–C–N with tert-alkyl or cyclic N) is 1. The molecular formula is C51H66N8O10S. The predicted molar refractivity (Wildman–Crippen MR) is 266 cm³/mol. The maximum atomic E-state index is 14.0. The number of nitrogens with one attached hydrogen (secondary N) is 2. The Morgan fingerprint density at radius 1 is 0.914 bits per heavy atom. The molecule has 7 rings (SSSR count). The predicted octanol–water partition coefficient (Wildman–Crippen LogP) is 3.98. The summed E-state index contributed by atoms with van der Waals surface area (Å²) >= 11 is 1.58. The summed E-state index contributed by atoms with van der Waals surface area (Å²) in [6, 6.07) is 12.2. The molecule has 70 heavy (non-hydrogen) atoms. The van der Waals surface area contributed by atoms with Crippen LogP contribution in [0.1, 0.15) is 44.0 Å². The highest BCUT2D eigenvalue weighted by Crippen LogP contribution is 2.38. The van der Waals surface area contributed by atoms with Gasteiger partial charge in [0.25, 0.3) is 5.56 Å². The third-order valence-corrected chi connectivity index (χ3v) is 13.8. The van der Waals surface area contributed by atoms with Crippen LogP contribution in [0.25, 0.3) is 32.3 Å². The van der Waals surface area contributed by atoms with E-state index in [-0.39, 0.29) is 76.0 Å². The number of aliphatic hydroxyl groups excluding tert-OH is 1. The van der Waals surface area contributed by atoms with Gasteiger partial charge in [-0.25, -0.2) is 4.98 Å². The highest BCUT2D eigenvalue weighted by atomic mass is 32.1. The van der Waals surface area contributed by atoms with E-state index in [0.29, 0.717) is 56.2 Å². The van der Waals surface area contributed by atoms with Gasteiger partial charge in [0.1, 0.15) is 24.1 Å². The first-order valence-electron chi connectivity index (χ1n) is 23.6. The number of fused-ring (bicyclic) bond motifs is 1. The lowest BCUT2D eigenvalue weighted by Gasteiger charge is -2.35. The second kappa shape index (κ2) is 23.9. The third kappa shape index (κ3) is 12.7. The third-order valence-electron chi connectivity index (χ3n) is 12.8. The Balaban J connectivity index is 0.783. The molecular weight excluding hydrogens is 917 g/mol. The van der Waals surface area contributed by atoms with Crippen LogP contribution in [-0.4, -0.2) is 157 Å². The molecule has 2 saturated heterocycles. The Labute approximate surface area is 412 Å². The number of aliphatic hydroxyl groups is 1. The first kappa shape index (κ1) is 52.0. The van der Waals surface area contributed by atoms with Crippen molar-refractivity contribution in [1.29, 1.82) is 0 Å². The number of hydrogen-bond acceptors (Lipinski definition) is 15. The second-order valence-electron chi connectivity index (χ2n) is 18.7. The van der Waals surface area contributed by atoms with Crippen molar-refractivity contribution in [1.82, 2.24) is 39.9 Å². The number of amides is 3. The van der Waals surface area contributed by atoms with Gasteiger partial charge in [-0.3, -0.25) is 34.4 Å². The van der Waals surface area contributed by atoms with Crippen LogP contribution in [-0.2, 0) is 48.7 Å². The van der Waals surface area contributed by atoms with Crippen molar-refractivity contribution in [2.45, 2.75) is 65.4 Å². The zero-order chi connectivity index (χ0) is 50.0. The summed E-state index contributed by atoms with van der Waals surface area (Å²) in [7, 11) is 4.98. The molecule has 3 atom stereocenters. The van der Waals surface area contributed by atoms with E-state index in [0.717, 1.165) is 43.8 Å². The summed E-state index contributed by atoms with van der Waals surface area (Å²) in [5.41, 5.74) is 6.75. The Morgan fingerprint density at radius 2 is 1.60 bits per heavy atom. The molecule has 19 heteroatoms. The van der Waals surface area contributed by atoms with Gasteiger partial charge >= 0.3 is 0 Å². The van der Waals surface area contributed by atoms with Crippen LogP contribution in [0.5, 0.6) is 11.5 Å². The van der Waals surface area contributed by atoms with E-state index in [2.05, 4.69) is 25.5 Å². The number of ether oxygens (including phenoxy) is 5. The van der Waals surface area contributed by atoms with Crippen LogP contribution in [0.4, 0.5) is 0 Å². The summed E-state index contributed by atoms with van der Waals surface area (Å²) in [5, 5.41) is 18.1. The molecule has 3 amide bonds. The number of thiazole rings is 1. The largest absolute Gasteiger partial charge is 0.496 e. The fourth-order valence-electron chi connectivity index (χ4n) is 8.91. The number of likely N-dealkylation sites (tertiary alicyclic amines) is 1. The molecule has 2 aliphatic heterocycles. The Bertz CT molecular complexity index is 2620. The zero-order valence-corrected chi connectivity index (χ0v) is 42.0. The Kier molecular flexibility index (Phi) is 17.7. The summed E-state index contributed by atoms with van der Waals surface area (Å²) < 4.78 is 30.4. The molecule has 2 aromatic carbocycles. The van der Waals surface area contributed by atoms with Crippen molar-refractivity contribution in [3.05, 3.63) is 93.7 Å². The van der Waals surface area contributed by atoms with Crippen molar-refractivity contribution in [2.24, 2.45) is 12.5 Å². The van der Waals surface area contributed by atoms with Gasteiger partial charge in [0.05, 0.1) is 86.6 Å². The molecule has 5 aromatic rings. The highest BCUT2D eigenvalue weighted by molar-refractivity contribution is 7.13. The number of hydrogen-bond donors (Lipinski definition) is 3. The molecule has 376 valence electrons. The van der Waals surface area contributed by atoms with E-state index in [1.807, 2.05) is 81.9 Å². The highest BCUT2D eigenvalue weighted by Gasteiger charge is 2.44. The minimum atomic E-state index is -0.811. The standard InChI is InChI=1S/C51H66N8O10S/c1-33-46(70-32-55-33)35-10-8-34(9-11-35)25-53-48(62)42-24-37(60)27-59(42)50(64)47(51(2,3)4)54-31-69-21-19-67-18-20-68-30-45(61)58-16-14-57(15-17-58)29-41-43(65-6)22-36(23-44(41)66-7)40-28-56(5)49(63)39-26-52-13-12-38(39)40/h8-13,22-23,26,28,32,37,42,47,54,60H,14-21,24-25,27,29-31H2,1-7H3,(H,53,62)/t37-,42+,47-/m1/s1. The minimum absolute atomic E-state index is 0.0520. The van der Waals surface area contributed by atoms with Gasteiger partial charge in [0.2, 0.25) is 17.7 Å². The number of pyridine rings is 2. The molecule has 2 aliphatic rings. The molecule has 0 aliphatic carbocycles. The van der Waals surface area contributed by atoms with E-state index in [9.17, 15) is 24.3 Å². The molecule has 0 radical (unpaired) electrons. The number of aromatic nitrogens is 3. The number of methoxy groups -OCH3 is 2. The molecule has 2 fully saturated rings. The molecule has 0 bridgehead atoms. The molecule has 0 spiro atoms. The van der Waals surface area contributed by atoms with Crippen LogP contribution in [0.3, 0.4) is 0 Å². The van der Waals surface area contributed by atoms with E-state index in [1.165, 1.54) is 4.90 Å². The molecule has 0 saturated carbocycles. The summed E-state index contributed by atoms with van der Waals surface area (Å²) in [5.74, 6) is 0.651. The zero-order valence-electron chi connectivity index (χ0n) is 41.2. The molecule has 18 nitrogen and oxygen atoms in total. The molecule has 3 N–H and O–H groups in total. The van der Waals surface area contributed by atoms with Crippen LogP contribution in [0.2, 0.25) is 0 Å². The van der Waals surface area contributed by atoms with E-state index >= 15 is 0 Å². The van der Waals surface area contributed by atoms with Crippen LogP contribution < -0.4 is 25.7 Å². The summed E-state index contributed by atoms with van der Waals surface area (Å²) in [6.07, 6.45) is 4.42. The van der Waals surface area contributed by atoms with Gasteiger partial charge < -0.3 is 48.5 Å². The molecule has 0 unspecified atom stereocenters. The number of piperazine rings is 1. The Morgan fingerprint density at radius 3 is 2.26 bits per heavy atom. The van der Waals surface area contributed by atoms with Gasteiger partial charge in [0, 0.05) is 83.4 Å². The average molecular weight is 983 g/mol. The fourth-order valence-corrected chi connectivity index (χ4v) is 9.73. The van der Waals surface area contributed by atoms with Crippen molar-refractivity contribution in [2.75, 3.05) is 86.7 Å². The van der Waals surface area contributed by atoms with Crippen molar-refractivity contribution in [3.8, 4) is 33.1 Å². The number of aryl methyl sites for hydroxylation is 2. The van der Waals surface area contributed by atoms with Crippen molar-refractivity contribution < 1.29 is 43.2 Å². The average Bonchev–Trinajstić information content (AvgIpc) is 3.98. The van der Waals surface area contributed by atoms with Gasteiger partial charge in [-0.1, -0.05) is 45.0 Å². The van der Waals surface area contributed by atoms with Gasteiger partial charge in [-0.2, -0.15) is 0 Å². The number of benzene rings is 2. The van der Waals surface area contributed by atoms with Crippen LogP contribution in [0.15, 0.2) is 71.4 Å². The van der Waals surface area contributed by atoms with E-state index in [1.54, 1.807) is 54.5 Å². The topological polar surface area (TPSA) is 199 Å². The lowest BCUT2D eigenvalue weighted by atomic mass is 9.85. The summed E-state index contributed by atoms with van der Waals surface area (Å²) in [4.78, 5) is 68.3. The quantitative estimate of drug-likeness (QED) is 0.0705. The Hall–Kier alpha value is -5.80. The minimum Gasteiger partial charge on any atom is -0.496 e. The number of rotatable bonds is 21. The molecule has 3 aromatic heterocycles. The maximum Gasteiger partial charge on any atom is 0.259 e. The normalized spacial score (nSPS) is 17.0. The summed E-state index contributed by atoms with van der Waals surface area (Å²) in [6.45, 7) is 12.2. The fraction of sp³-hybridized carbons (Fsp3) is 0.490.